The normalized spacial score (nSPS) is 27.4. The number of carboxylic acids is 1. The van der Waals surface area contributed by atoms with E-state index in [2.05, 4.69) is 0 Å². The van der Waals surface area contributed by atoms with Crippen molar-refractivity contribution in [2.24, 2.45) is 5.92 Å². The number of nitrogens with zero attached hydrogens (tertiary/aromatic N) is 1. The third kappa shape index (κ3) is 3.37. The lowest BCUT2D eigenvalue weighted by Crippen LogP contribution is -2.47. The molecule has 0 aromatic heterocycles. The Kier molecular flexibility index (Phi) is 5.13. The van der Waals surface area contributed by atoms with Crippen LogP contribution in [0.1, 0.15) is 46.0 Å². The van der Waals surface area contributed by atoms with Crippen LogP contribution in [-0.4, -0.2) is 39.1 Å². The van der Waals surface area contributed by atoms with Gasteiger partial charge in [0.2, 0.25) is 5.91 Å². The lowest BCUT2D eigenvalue weighted by Gasteiger charge is -2.34. The van der Waals surface area contributed by atoms with Crippen LogP contribution in [0.25, 0.3) is 0 Å². The van der Waals surface area contributed by atoms with E-state index in [4.69, 9.17) is 0 Å². The van der Waals surface area contributed by atoms with Crippen molar-refractivity contribution in [2.45, 2.75) is 57.4 Å². The van der Waals surface area contributed by atoms with Gasteiger partial charge in [0.25, 0.3) is 0 Å². The maximum atomic E-state index is 12.4. The molecule has 1 saturated heterocycles. The van der Waals surface area contributed by atoms with Gasteiger partial charge in [0.05, 0.1) is 5.37 Å². The topological polar surface area (TPSA) is 57.6 Å². The minimum atomic E-state index is -0.883. The molecule has 0 spiro atoms. The van der Waals surface area contributed by atoms with Gasteiger partial charge in [-0.15, -0.1) is 11.8 Å². The van der Waals surface area contributed by atoms with E-state index in [0.29, 0.717) is 11.7 Å². The van der Waals surface area contributed by atoms with E-state index in [-0.39, 0.29) is 11.3 Å². The SMILES string of the molecule is CC(C)=CC(=O)N1[C@@H](C2CCCCC2)SC[C@H]1C(=O)O. The maximum Gasteiger partial charge on any atom is 0.327 e. The molecule has 2 rings (SSSR count). The molecule has 20 heavy (non-hydrogen) atoms. The highest BCUT2D eigenvalue weighted by Crippen LogP contribution is 2.40. The Bertz CT molecular complexity index is 411. The molecule has 0 radical (unpaired) electrons. The minimum Gasteiger partial charge on any atom is -0.480 e. The molecular formula is C15H23NO3S. The number of amides is 1. The summed E-state index contributed by atoms with van der Waals surface area (Å²) in [6, 6.07) is -0.671. The Morgan fingerprint density at radius 3 is 2.40 bits per heavy atom. The molecule has 5 heteroatoms. The number of aliphatic carboxylic acids is 1. The summed E-state index contributed by atoms with van der Waals surface area (Å²) in [7, 11) is 0. The van der Waals surface area contributed by atoms with Gasteiger partial charge in [0, 0.05) is 11.8 Å². The van der Waals surface area contributed by atoms with E-state index in [1.165, 1.54) is 19.3 Å². The van der Waals surface area contributed by atoms with Crippen LogP contribution in [0, 0.1) is 5.92 Å². The molecule has 1 N–H and O–H groups in total. The minimum absolute atomic E-state index is 0.0412. The number of carbonyl (C=O) groups is 2. The summed E-state index contributed by atoms with van der Waals surface area (Å²) < 4.78 is 0. The van der Waals surface area contributed by atoms with E-state index >= 15 is 0 Å². The molecule has 2 fully saturated rings. The predicted molar refractivity (Wildman–Crippen MR) is 80.5 cm³/mol. The maximum absolute atomic E-state index is 12.4. The molecule has 1 saturated carbocycles. The number of thioether (sulfide) groups is 1. The van der Waals surface area contributed by atoms with Crippen LogP contribution < -0.4 is 0 Å². The quantitative estimate of drug-likeness (QED) is 0.814. The first-order valence-electron chi connectivity index (χ1n) is 7.32. The second-order valence-electron chi connectivity index (χ2n) is 5.94. The summed E-state index contributed by atoms with van der Waals surface area (Å²) in [5.74, 6) is -0.0596. The molecule has 4 nitrogen and oxygen atoms in total. The molecule has 0 aromatic carbocycles. The molecule has 0 bridgehead atoms. The van der Waals surface area contributed by atoms with Gasteiger partial charge in [-0.3, -0.25) is 4.79 Å². The van der Waals surface area contributed by atoms with Gasteiger partial charge >= 0.3 is 5.97 Å². The van der Waals surface area contributed by atoms with Crippen LogP contribution in [0.15, 0.2) is 11.6 Å². The van der Waals surface area contributed by atoms with Gasteiger partial charge in [0.15, 0.2) is 0 Å². The van der Waals surface area contributed by atoms with Crippen molar-refractivity contribution >= 4 is 23.6 Å². The summed E-state index contributed by atoms with van der Waals surface area (Å²) in [4.78, 5) is 25.4. The molecule has 1 aliphatic heterocycles. The summed E-state index contributed by atoms with van der Waals surface area (Å²) in [5, 5.41) is 9.40. The number of carbonyl (C=O) groups excluding carboxylic acids is 1. The monoisotopic (exact) mass is 297 g/mol. The molecule has 1 amide bonds. The Balaban J connectivity index is 2.19. The molecular weight excluding hydrogens is 274 g/mol. The average Bonchev–Trinajstić information content (AvgIpc) is 2.83. The Labute approximate surface area is 124 Å². The van der Waals surface area contributed by atoms with Crippen molar-refractivity contribution < 1.29 is 14.7 Å². The van der Waals surface area contributed by atoms with Crippen LogP contribution in [0.5, 0.6) is 0 Å². The van der Waals surface area contributed by atoms with Crippen molar-refractivity contribution in [1.29, 1.82) is 0 Å². The predicted octanol–water partition coefficient (Wildman–Crippen LogP) is 2.89. The first-order valence-corrected chi connectivity index (χ1v) is 8.37. The fourth-order valence-electron chi connectivity index (χ4n) is 3.10. The van der Waals surface area contributed by atoms with E-state index in [1.54, 1.807) is 22.7 Å². The van der Waals surface area contributed by atoms with Gasteiger partial charge in [0.1, 0.15) is 6.04 Å². The lowest BCUT2D eigenvalue weighted by molar-refractivity contribution is -0.147. The Morgan fingerprint density at radius 1 is 1.20 bits per heavy atom. The molecule has 1 heterocycles. The van der Waals surface area contributed by atoms with Gasteiger partial charge in [-0.1, -0.05) is 24.8 Å². The van der Waals surface area contributed by atoms with Crippen molar-refractivity contribution in [3.8, 4) is 0 Å². The second kappa shape index (κ2) is 6.66. The number of rotatable bonds is 3. The largest absolute Gasteiger partial charge is 0.480 e. The van der Waals surface area contributed by atoms with E-state index in [0.717, 1.165) is 18.4 Å². The zero-order chi connectivity index (χ0) is 14.7. The zero-order valence-electron chi connectivity index (χ0n) is 12.2. The highest BCUT2D eigenvalue weighted by atomic mass is 32.2. The summed E-state index contributed by atoms with van der Waals surface area (Å²) >= 11 is 1.64. The Morgan fingerprint density at radius 2 is 1.85 bits per heavy atom. The van der Waals surface area contributed by atoms with E-state index in [1.807, 2.05) is 13.8 Å². The van der Waals surface area contributed by atoms with Crippen molar-refractivity contribution in [1.82, 2.24) is 4.90 Å². The molecule has 1 aliphatic carbocycles. The highest BCUT2D eigenvalue weighted by Gasteiger charge is 2.44. The van der Waals surface area contributed by atoms with Crippen LogP contribution >= 0.6 is 11.8 Å². The molecule has 0 aromatic rings. The number of hydrogen-bond donors (Lipinski definition) is 1. The first-order chi connectivity index (χ1) is 9.50. The van der Waals surface area contributed by atoms with Gasteiger partial charge in [-0.2, -0.15) is 0 Å². The highest BCUT2D eigenvalue weighted by molar-refractivity contribution is 8.00. The summed E-state index contributed by atoms with van der Waals surface area (Å²) in [6.45, 7) is 3.74. The van der Waals surface area contributed by atoms with Crippen LogP contribution in [0.2, 0.25) is 0 Å². The number of hydrogen-bond acceptors (Lipinski definition) is 3. The average molecular weight is 297 g/mol. The zero-order valence-corrected chi connectivity index (χ0v) is 13.0. The first kappa shape index (κ1) is 15.4. The fraction of sp³-hybridized carbons (Fsp3) is 0.733. The molecule has 2 aliphatic rings. The van der Waals surface area contributed by atoms with Gasteiger partial charge < -0.3 is 10.0 Å². The Hall–Kier alpha value is -0.970. The van der Waals surface area contributed by atoms with Gasteiger partial charge in [-0.25, -0.2) is 4.79 Å². The van der Waals surface area contributed by atoms with Crippen LogP contribution in [-0.2, 0) is 9.59 Å². The summed E-state index contributed by atoms with van der Waals surface area (Å²) in [5.41, 5.74) is 0.915. The fourth-order valence-corrected chi connectivity index (χ4v) is 4.74. The van der Waals surface area contributed by atoms with Crippen molar-refractivity contribution in [3.63, 3.8) is 0 Å². The third-order valence-corrected chi connectivity index (χ3v) is 5.50. The van der Waals surface area contributed by atoms with Crippen LogP contribution in [0.4, 0.5) is 0 Å². The lowest BCUT2D eigenvalue weighted by atomic mass is 9.88. The van der Waals surface area contributed by atoms with Crippen molar-refractivity contribution in [3.05, 3.63) is 11.6 Å². The van der Waals surface area contributed by atoms with Gasteiger partial charge in [-0.05, 0) is 32.6 Å². The van der Waals surface area contributed by atoms with E-state index < -0.39 is 12.0 Å². The molecule has 112 valence electrons. The molecule has 0 unspecified atom stereocenters. The van der Waals surface area contributed by atoms with Crippen molar-refractivity contribution in [2.75, 3.05) is 5.75 Å². The molecule has 2 atom stereocenters. The summed E-state index contributed by atoms with van der Waals surface area (Å²) in [6.07, 6.45) is 7.45. The third-order valence-electron chi connectivity index (χ3n) is 4.04. The van der Waals surface area contributed by atoms with E-state index in [9.17, 15) is 14.7 Å². The van der Waals surface area contributed by atoms with Crippen LogP contribution in [0.3, 0.4) is 0 Å². The second-order valence-corrected chi connectivity index (χ2v) is 7.09. The smallest absolute Gasteiger partial charge is 0.327 e. The number of allylic oxidation sites excluding steroid dienone is 1. The standard InChI is InChI=1S/C15H23NO3S/c1-10(2)8-13(17)16-12(15(18)19)9-20-14(16)11-6-4-3-5-7-11/h8,11-12,14H,3-7,9H2,1-2H3,(H,18,19)/t12-,14+/m0/s1. The number of carboxylic acid groups (broad SMARTS) is 1.